The van der Waals surface area contributed by atoms with E-state index in [1.54, 1.807) is 19.1 Å². The zero-order chi connectivity index (χ0) is 20.4. The highest BCUT2D eigenvalue weighted by Gasteiger charge is 2.43. The lowest BCUT2D eigenvalue weighted by atomic mass is 10.1. The van der Waals surface area contributed by atoms with Crippen LogP contribution in [0.1, 0.15) is 23.6 Å². The predicted molar refractivity (Wildman–Crippen MR) is 108 cm³/mol. The molecule has 1 aliphatic heterocycles. The molecule has 1 saturated heterocycles. The summed E-state index contributed by atoms with van der Waals surface area (Å²) in [7, 11) is 0. The molecule has 0 radical (unpaired) electrons. The molecule has 6 heteroatoms. The molecular formula is C22H26N2O4. The maximum absolute atomic E-state index is 12.8. The summed E-state index contributed by atoms with van der Waals surface area (Å²) < 4.78 is 5.82. The van der Waals surface area contributed by atoms with E-state index in [1.807, 2.05) is 51.1 Å². The zero-order valence-corrected chi connectivity index (χ0v) is 16.7. The fraction of sp³-hybridized carbons (Fsp3) is 0.364. The molecule has 3 amide bonds. The fourth-order valence-corrected chi connectivity index (χ4v) is 3.41. The summed E-state index contributed by atoms with van der Waals surface area (Å²) in [6.07, 6.45) is -0.977. The van der Waals surface area contributed by atoms with Gasteiger partial charge in [0.15, 0.2) is 0 Å². The molecule has 1 N–H and O–H groups in total. The Morgan fingerprint density at radius 1 is 1.04 bits per heavy atom. The average molecular weight is 382 g/mol. The van der Waals surface area contributed by atoms with E-state index in [2.05, 4.69) is 0 Å². The summed E-state index contributed by atoms with van der Waals surface area (Å²) in [5, 5.41) is 10.4. The highest BCUT2D eigenvalue weighted by Crippen LogP contribution is 2.27. The number of amides is 3. The maximum Gasteiger partial charge on any atom is 0.332 e. The van der Waals surface area contributed by atoms with E-state index in [0.717, 1.165) is 27.3 Å². The van der Waals surface area contributed by atoms with Crippen molar-refractivity contribution < 1.29 is 19.4 Å². The molecule has 6 nitrogen and oxygen atoms in total. The number of para-hydroxylation sites is 1. The molecule has 2 atom stereocenters. The highest BCUT2D eigenvalue weighted by atomic mass is 16.5. The largest absolute Gasteiger partial charge is 0.490 e. The number of hydrogen-bond acceptors (Lipinski definition) is 4. The van der Waals surface area contributed by atoms with Crippen LogP contribution in [-0.4, -0.2) is 47.2 Å². The number of aliphatic hydroxyl groups is 1. The first-order chi connectivity index (χ1) is 13.3. The van der Waals surface area contributed by atoms with Gasteiger partial charge in [-0.15, -0.1) is 0 Å². The first kappa shape index (κ1) is 19.9. The molecule has 148 valence electrons. The van der Waals surface area contributed by atoms with Crippen molar-refractivity contribution in [2.75, 3.05) is 18.1 Å². The number of anilines is 1. The van der Waals surface area contributed by atoms with Crippen LogP contribution in [-0.2, 0) is 4.79 Å². The molecule has 0 unspecified atom stereocenters. The summed E-state index contributed by atoms with van der Waals surface area (Å²) in [6, 6.07) is 12.0. The van der Waals surface area contributed by atoms with Crippen molar-refractivity contribution in [2.45, 2.75) is 39.8 Å². The Morgan fingerprint density at radius 2 is 1.68 bits per heavy atom. The smallest absolute Gasteiger partial charge is 0.332 e. The van der Waals surface area contributed by atoms with Gasteiger partial charge in [0.1, 0.15) is 24.5 Å². The molecule has 28 heavy (non-hydrogen) atoms. The van der Waals surface area contributed by atoms with E-state index in [9.17, 15) is 14.7 Å². The quantitative estimate of drug-likeness (QED) is 0.779. The van der Waals surface area contributed by atoms with Crippen LogP contribution >= 0.6 is 0 Å². The van der Waals surface area contributed by atoms with Crippen molar-refractivity contribution >= 4 is 17.6 Å². The zero-order valence-electron chi connectivity index (χ0n) is 16.7. The van der Waals surface area contributed by atoms with Crippen LogP contribution in [0.3, 0.4) is 0 Å². The molecule has 0 saturated carbocycles. The van der Waals surface area contributed by atoms with Crippen LogP contribution in [0.5, 0.6) is 5.75 Å². The minimum absolute atomic E-state index is 0.00190. The normalized spacial score (nSPS) is 18.0. The van der Waals surface area contributed by atoms with Gasteiger partial charge in [-0.25, -0.2) is 4.79 Å². The van der Waals surface area contributed by atoms with E-state index >= 15 is 0 Å². The topological polar surface area (TPSA) is 70.1 Å². The van der Waals surface area contributed by atoms with Crippen LogP contribution in [0.15, 0.2) is 42.5 Å². The van der Waals surface area contributed by atoms with Gasteiger partial charge < -0.3 is 9.84 Å². The van der Waals surface area contributed by atoms with Crippen LogP contribution < -0.4 is 9.64 Å². The Labute approximate surface area is 165 Å². The minimum atomic E-state index is -0.977. The number of benzene rings is 2. The number of nitrogens with zero attached hydrogens (tertiary/aromatic N) is 2. The number of aliphatic hydroxyl groups excluding tert-OH is 1. The summed E-state index contributed by atoms with van der Waals surface area (Å²) in [5.74, 6) is 0.410. The van der Waals surface area contributed by atoms with Crippen molar-refractivity contribution in [2.24, 2.45) is 0 Å². The second-order valence-electron chi connectivity index (χ2n) is 7.23. The summed E-state index contributed by atoms with van der Waals surface area (Å²) in [4.78, 5) is 27.9. The number of rotatable bonds is 6. The third-order valence-electron chi connectivity index (χ3n) is 5.17. The molecular weight excluding hydrogens is 356 g/mol. The Kier molecular flexibility index (Phi) is 5.70. The van der Waals surface area contributed by atoms with Gasteiger partial charge in [0.05, 0.1) is 6.54 Å². The number of aryl methyl sites for hydroxylation is 2. The third-order valence-corrected chi connectivity index (χ3v) is 5.17. The molecule has 0 spiro atoms. The van der Waals surface area contributed by atoms with Gasteiger partial charge in [0.25, 0.3) is 5.91 Å². The van der Waals surface area contributed by atoms with E-state index < -0.39 is 18.2 Å². The second-order valence-corrected chi connectivity index (χ2v) is 7.23. The number of hydrogen-bond donors (Lipinski definition) is 1. The Hall–Kier alpha value is -2.86. The molecule has 0 aromatic heterocycles. The summed E-state index contributed by atoms with van der Waals surface area (Å²) in [6.45, 7) is 7.50. The first-order valence-corrected chi connectivity index (χ1v) is 9.38. The van der Waals surface area contributed by atoms with E-state index in [-0.39, 0.29) is 19.1 Å². The van der Waals surface area contributed by atoms with E-state index in [1.165, 1.54) is 4.90 Å². The lowest BCUT2D eigenvalue weighted by molar-refractivity contribution is -0.128. The van der Waals surface area contributed by atoms with Gasteiger partial charge in [-0.3, -0.25) is 14.6 Å². The molecule has 0 aliphatic carbocycles. The van der Waals surface area contributed by atoms with Gasteiger partial charge in [0.2, 0.25) is 0 Å². The van der Waals surface area contributed by atoms with Crippen LogP contribution in [0.25, 0.3) is 0 Å². The molecule has 0 bridgehead atoms. The molecule has 1 heterocycles. The lowest BCUT2D eigenvalue weighted by Crippen LogP contribution is -2.40. The van der Waals surface area contributed by atoms with Crippen LogP contribution in [0.2, 0.25) is 0 Å². The number of urea groups is 1. The fourth-order valence-electron chi connectivity index (χ4n) is 3.41. The number of β-amino-alcohol motifs (C(OH)–C–C–N with tert-alkyl or cyclic N) is 1. The Morgan fingerprint density at radius 3 is 2.36 bits per heavy atom. The van der Waals surface area contributed by atoms with Crippen molar-refractivity contribution in [1.82, 2.24) is 4.90 Å². The number of carbonyl (C=O) groups is 2. The average Bonchev–Trinajstić information content (AvgIpc) is 2.89. The Bertz CT molecular complexity index is 882. The van der Waals surface area contributed by atoms with Gasteiger partial charge >= 0.3 is 6.03 Å². The van der Waals surface area contributed by atoms with Gasteiger partial charge in [-0.2, -0.15) is 0 Å². The molecule has 2 aromatic rings. The molecule has 1 fully saturated rings. The van der Waals surface area contributed by atoms with Crippen molar-refractivity contribution in [3.05, 3.63) is 59.2 Å². The Balaban J connectivity index is 1.67. The first-order valence-electron chi connectivity index (χ1n) is 9.38. The van der Waals surface area contributed by atoms with Crippen molar-refractivity contribution in [3.63, 3.8) is 0 Å². The summed E-state index contributed by atoms with van der Waals surface area (Å²) in [5.41, 5.74) is 3.76. The third kappa shape index (κ3) is 3.73. The number of ether oxygens (including phenoxy) is 1. The molecule has 1 aliphatic rings. The van der Waals surface area contributed by atoms with Crippen molar-refractivity contribution in [1.29, 1.82) is 0 Å². The van der Waals surface area contributed by atoms with E-state index in [4.69, 9.17) is 4.74 Å². The molecule has 3 rings (SSSR count). The number of imide groups is 1. The monoisotopic (exact) mass is 382 g/mol. The van der Waals surface area contributed by atoms with E-state index in [0.29, 0.717) is 5.69 Å². The maximum atomic E-state index is 12.8. The van der Waals surface area contributed by atoms with Crippen molar-refractivity contribution in [3.8, 4) is 5.75 Å². The summed E-state index contributed by atoms with van der Waals surface area (Å²) >= 11 is 0. The SMILES string of the molecule is Cc1ccc(C)c(OC[C@H](O)CN2C(=O)[C@H](C)N(c3ccccc3)C2=O)c1C. The second kappa shape index (κ2) is 8.02. The van der Waals surface area contributed by atoms with Crippen LogP contribution in [0, 0.1) is 20.8 Å². The van der Waals surface area contributed by atoms with Gasteiger partial charge in [-0.1, -0.05) is 30.3 Å². The number of carbonyl (C=O) groups excluding carboxylic acids is 2. The standard InChI is InChI=1S/C22H26N2O4/c1-14-10-11-15(2)20(16(14)3)28-13-19(25)12-23-21(26)17(4)24(22(23)27)18-8-6-5-7-9-18/h5-11,17,19,25H,12-13H2,1-4H3/t17-,19+/m0/s1. The lowest BCUT2D eigenvalue weighted by Gasteiger charge is -2.21. The van der Waals surface area contributed by atoms with Crippen LogP contribution in [0.4, 0.5) is 10.5 Å². The highest BCUT2D eigenvalue weighted by molar-refractivity contribution is 6.14. The predicted octanol–water partition coefficient (Wildman–Crippen LogP) is 3.21. The molecule has 2 aromatic carbocycles. The van der Waals surface area contributed by atoms with Gasteiger partial charge in [-0.05, 0) is 56.5 Å². The minimum Gasteiger partial charge on any atom is -0.490 e. The van der Waals surface area contributed by atoms with Gasteiger partial charge in [0, 0.05) is 5.69 Å².